The van der Waals surface area contributed by atoms with Crippen molar-refractivity contribution in [1.82, 2.24) is 24.1 Å². The van der Waals surface area contributed by atoms with Gasteiger partial charge in [-0.15, -0.1) is 0 Å². The van der Waals surface area contributed by atoms with Crippen LogP contribution in [0.25, 0.3) is 0 Å². The third-order valence-corrected chi connectivity index (χ3v) is 6.89. The Labute approximate surface area is 149 Å². The minimum absolute atomic E-state index is 0.192. The van der Waals surface area contributed by atoms with Crippen molar-refractivity contribution in [2.45, 2.75) is 45.7 Å². The number of hydrogen-bond donors (Lipinski definition) is 2. The number of urea groups is 1. The number of piperazine rings is 1. The molecule has 1 heterocycles. The predicted octanol–water partition coefficient (Wildman–Crippen LogP) is -0.433. The highest BCUT2D eigenvalue weighted by Crippen LogP contribution is 2.18. The minimum atomic E-state index is -3.44. The summed E-state index contributed by atoms with van der Waals surface area (Å²) in [5, 5.41) is 5.07. The van der Waals surface area contributed by atoms with Crippen molar-refractivity contribution in [2.24, 2.45) is 0 Å². The summed E-state index contributed by atoms with van der Waals surface area (Å²) >= 11 is 0. The zero-order chi connectivity index (χ0) is 18.6. The van der Waals surface area contributed by atoms with Gasteiger partial charge in [-0.05, 0) is 19.8 Å². The number of imide groups is 1. The van der Waals surface area contributed by atoms with Crippen LogP contribution in [0.4, 0.5) is 4.79 Å². The average molecular weight is 375 g/mol. The van der Waals surface area contributed by atoms with Gasteiger partial charge in [-0.2, -0.15) is 17.0 Å². The van der Waals surface area contributed by atoms with Crippen molar-refractivity contribution in [3.63, 3.8) is 0 Å². The van der Waals surface area contributed by atoms with Crippen LogP contribution < -0.4 is 10.6 Å². The van der Waals surface area contributed by atoms with Crippen LogP contribution in [0.5, 0.6) is 0 Å². The van der Waals surface area contributed by atoms with Crippen molar-refractivity contribution >= 4 is 22.1 Å². The lowest BCUT2D eigenvalue weighted by molar-refractivity contribution is -0.125. The van der Waals surface area contributed by atoms with Crippen LogP contribution in [0.3, 0.4) is 0 Å². The monoisotopic (exact) mass is 375 g/mol. The van der Waals surface area contributed by atoms with Gasteiger partial charge in [0.1, 0.15) is 0 Å². The van der Waals surface area contributed by atoms with E-state index in [2.05, 4.69) is 10.6 Å². The van der Waals surface area contributed by atoms with E-state index >= 15 is 0 Å². The molecule has 2 fully saturated rings. The van der Waals surface area contributed by atoms with Crippen molar-refractivity contribution in [3.05, 3.63) is 0 Å². The van der Waals surface area contributed by atoms with Gasteiger partial charge < -0.3 is 5.32 Å². The number of rotatable bonds is 7. The molecule has 144 valence electrons. The van der Waals surface area contributed by atoms with E-state index in [0.717, 1.165) is 12.8 Å². The fourth-order valence-corrected chi connectivity index (χ4v) is 4.47. The van der Waals surface area contributed by atoms with Crippen LogP contribution in [0.1, 0.15) is 33.6 Å². The number of hydrogen-bond acceptors (Lipinski definition) is 5. The molecule has 9 nitrogen and oxygen atoms in total. The van der Waals surface area contributed by atoms with Gasteiger partial charge in [-0.25, -0.2) is 4.79 Å². The Hall–Kier alpha value is -1.23. The quantitative estimate of drug-likeness (QED) is 0.629. The molecule has 1 atom stereocenters. The summed E-state index contributed by atoms with van der Waals surface area (Å²) in [5.74, 6) is -0.363. The van der Waals surface area contributed by atoms with E-state index in [9.17, 15) is 18.0 Å². The Morgan fingerprint density at radius 1 is 1.12 bits per heavy atom. The van der Waals surface area contributed by atoms with E-state index < -0.39 is 22.3 Å². The summed E-state index contributed by atoms with van der Waals surface area (Å²) < 4.78 is 27.9. The molecule has 1 saturated carbocycles. The molecule has 25 heavy (non-hydrogen) atoms. The smallest absolute Gasteiger partial charge is 0.321 e. The molecule has 0 aromatic heterocycles. The molecule has 0 aromatic carbocycles. The predicted molar refractivity (Wildman–Crippen MR) is 94.1 cm³/mol. The first-order chi connectivity index (χ1) is 11.8. The first-order valence-electron chi connectivity index (χ1n) is 8.90. The number of carbonyl (C=O) groups excluding carboxylic acids is 2. The van der Waals surface area contributed by atoms with Crippen molar-refractivity contribution < 1.29 is 18.0 Å². The Bertz CT molecular complexity index is 581. The second-order valence-electron chi connectivity index (χ2n) is 6.44. The van der Waals surface area contributed by atoms with E-state index in [1.54, 1.807) is 6.92 Å². The highest BCUT2D eigenvalue weighted by atomic mass is 32.2. The Morgan fingerprint density at radius 2 is 1.68 bits per heavy atom. The van der Waals surface area contributed by atoms with E-state index in [1.165, 1.54) is 8.61 Å². The zero-order valence-corrected chi connectivity index (χ0v) is 16.0. The Kier molecular flexibility index (Phi) is 6.78. The molecule has 3 amide bonds. The Morgan fingerprint density at radius 3 is 2.16 bits per heavy atom. The molecule has 0 bridgehead atoms. The summed E-state index contributed by atoms with van der Waals surface area (Å²) in [4.78, 5) is 25.7. The van der Waals surface area contributed by atoms with Crippen LogP contribution in [0.15, 0.2) is 0 Å². The molecule has 2 rings (SSSR count). The lowest BCUT2D eigenvalue weighted by atomic mass is 10.2. The van der Waals surface area contributed by atoms with Gasteiger partial charge in [-0.1, -0.05) is 13.8 Å². The maximum absolute atomic E-state index is 12.5. The molecule has 0 unspecified atom stereocenters. The fourth-order valence-electron chi connectivity index (χ4n) is 2.87. The first-order valence-corrected chi connectivity index (χ1v) is 10.3. The summed E-state index contributed by atoms with van der Waals surface area (Å²) in [6.45, 7) is 7.83. The summed E-state index contributed by atoms with van der Waals surface area (Å²) in [6.07, 6.45) is 1.92. The maximum Gasteiger partial charge on any atom is 0.321 e. The van der Waals surface area contributed by atoms with Crippen molar-refractivity contribution in [1.29, 1.82) is 0 Å². The molecular formula is C15H29N5O4S. The van der Waals surface area contributed by atoms with Gasteiger partial charge in [0.2, 0.25) is 5.91 Å². The summed E-state index contributed by atoms with van der Waals surface area (Å²) in [6, 6.07) is -0.748. The molecule has 1 aliphatic heterocycles. The highest BCUT2D eigenvalue weighted by molar-refractivity contribution is 7.86. The molecule has 2 N–H and O–H groups in total. The van der Waals surface area contributed by atoms with Crippen molar-refractivity contribution in [3.8, 4) is 0 Å². The van der Waals surface area contributed by atoms with Gasteiger partial charge in [0.15, 0.2) is 0 Å². The molecule has 0 radical (unpaired) electrons. The summed E-state index contributed by atoms with van der Waals surface area (Å²) in [7, 11) is -3.44. The van der Waals surface area contributed by atoms with Gasteiger partial charge in [0.25, 0.3) is 10.2 Å². The number of amides is 3. The van der Waals surface area contributed by atoms with Gasteiger partial charge in [-0.3, -0.25) is 15.0 Å². The molecular weight excluding hydrogens is 346 g/mol. The largest absolute Gasteiger partial charge is 0.335 e. The van der Waals surface area contributed by atoms with Crippen LogP contribution in [-0.4, -0.2) is 85.2 Å². The average Bonchev–Trinajstić information content (AvgIpc) is 3.38. The van der Waals surface area contributed by atoms with E-state index in [0.29, 0.717) is 39.3 Å². The Balaban J connectivity index is 1.83. The van der Waals surface area contributed by atoms with Gasteiger partial charge >= 0.3 is 6.03 Å². The first kappa shape index (κ1) is 20.1. The van der Waals surface area contributed by atoms with Crippen LogP contribution in [-0.2, 0) is 15.0 Å². The molecule has 0 spiro atoms. The SMILES string of the molecule is CCN(CC)S(=O)(=O)N1CCN([C@H](C)C(=O)NC(=O)NC2CC2)CC1. The van der Waals surface area contributed by atoms with Crippen LogP contribution >= 0.6 is 0 Å². The van der Waals surface area contributed by atoms with E-state index in [1.807, 2.05) is 18.7 Å². The fraction of sp³-hybridized carbons (Fsp3) is 0.867. The lowest BCUT2D eigenvalue weighted by Crippen LogP contribution is -2.57. The number of nitrogens with one attached hydrogen (secondary N) is 2. The molecule has 10 heteroatoms. The third-order valence-electron chi connectivity index (χ3n) is 4.71. The molecule has 1 aliphatic carbocycles. The van der Waals surface area contributed by atoms with E-state index in [4.69, 9.17) is 0 Å². The van der Waals surface area contributed by atoms with Crippen molar-refractivity contribution in [2.75, 3.05) is 39.3 Å². The van der Waals surface area contributed by atoms with Gasteiger partial charge in [0, 0.05) is 45.3 Å². The number of carbonyl (C=O) groups is 2. The topological polar surface area (TPSA) is 102 Å². The molecule has 2 aliphatic rings. The minimum Gasteiger partial charge on any atom is -0.335 e. The van der Waals surface area contributed by atoms with Crippen LogP contribution in [0, 0.1) is 0 Å². The maximum atomic E-state index is 12.5. The van der Waals surface area contributed by atoms with Crippen LogP contribution in [0.2, 0.25) is 0 Å². The molecule has 0 aromatic rings. The van der Waals surface area contributed by atoms with E-state index in [-0.39, 0.29) is 11.9 Å². The molecule has 1 saturated heterocycles. The van der Waals surface area contributed by atoms with Gasteiger partial charge in [0.05, 0.1) is 6.04 Å². The standard InChI is InChI=1S/C15H29N5O4S/c1-4-19(5-2)25(23,24)20-10-8-18(9-11-20)12(3)14(21)17-15(22)16-13-6-7-13/h12-13H,4-11H2,1-3H3,(H2,16,17,21,22)/t12-/m1/s1. The summed E-state index contributed by atoms with van der Waals surface area (Å²) in [5.41, 5.74) is 0. The number of nitrogens with zero attached hydrogens (tertiary/aromatic N) is 3. The highest BCUT2D eigenvalue weighted by Gasteiger charge is 2.34. The second kappa shape index (κ2) is 8.43. The third kappa shape index (κ3) is 5.13. The normalized spacial score (nSPS) is 21.1. The second-order valence-corrected chi connectivity index (χ2v) is 8.37. The zero-order valence-electron chi connectivity index (χ0n) is 15.2. The lowest BCUT2D eigenvalue weighted by Gasteiger charge is -2.38.